The van der Waals surface area contributed by atoms with E-state index in [2.05, 4.69) is 5.10 Å². The Morgan fingerprint density at radius 2 is 2.15 bits per heavy atom. The molecule has 1 amide bonds. The van der Waals surface area contributed by atoms with E-state index in [-0.39, 0.29) is 17.6 Å². The Morgan fingerprint density at radius 1 is 1.30 bits per heavy atom. The summed E-state index contributed by atoms with van der Waals surface area (Å²) >= 11 is 0. The van der Waals surface area contributed by atoms with Crippen LogP contribution in [0.5, 0.6) is 0 Å². The summed E-state index contributed by atoms with van der Waals surface area (Å²) in [4.78, 5) is 14.8. The molecule has 0 bridgehead atoms. The van der Waals surface area contributed by atoms with Gasteiger partial charge in [-0.05, 0) is 37.3 Å². The van der Waals surface area contributed by atoms with Crippen LogP contribution in [-0.4, -0.2) is 58.6 Å². The van der Waals surface area contributed by atoms with Crippen molar-refractivity contribution in [2.24, 2.45) is 5.92 Å². The summed E-state index contributed by atoms with van der Waals surface area (Å²) in [6.45, 7) is 2.89. The maximum absolute atomic E-state index is 12.9. The molecule has 1 aromatic heterocycles. The van der Waals surface area contributed by atoms with Crippen LogP contribution in [-0.2, 0) is 9.47 Å². The molecule has 3 fully saturated rings. The van der Waals surface area contributed by atoms with Crippen LogP contribution >= 0.6 is 0 Å². The van der Waals surface area contributed by atoms with E-state index < -0.39 is 0 Å². The summed E-state index contributed by atoms with van der Waals surface area (Å²) in [5.74, 6) is 0.796. The van der Waals surface area contributed by atoms with E-state index in [1.165, 1.54) is 12.8 Å². The van der Waals surface area contributed by atoms with Crippen molar-refractivity contribution in [1.29, 1.82) is 0 Å². The van der Waals surface area contributed by atoms with Crippen LogP contribution in [0.1, 0.15) is 36.0 Å². The summed E-state index contributed by atoms with van der Waals surface area (Å²) in [5, 5.41) is 4.34. The van der Waals surface area contributed by atoms with Gasteiger partial charge in [0.15, 0.2) is 0 Å². The molecule has 3 aliphatic rings. The standard InChI is InChI=1S/C21H25N3O3/c25-20(17-11-22-24(12-17)18-4-2-1-3-5-18)23-9-8-21(15-23)10-19(14-27-21)26-13-16-6-7-16/h1-5,11-12,16,19H,6-10,13-15H2/t19-,21+/m1/s1. The van der Waals surface area contributed by atoms with Gasteiger partial charge in [0.25, 0.3) is 5.91 Å². The zero-order valence-electron chi connectivity index (χ0n) is 15.4. The van der Waals surface area contributed by atoms with E-state index in [0.29, 0.717) is 18.7 Å². The van der Waals surface area contributed by atoms with Gasteiger partial charge in [0.2, 0.25) is 0 Å². The SMILES string of the molecule is O=C(c1cnn(-c2ccccc2)c1)N1CC[C@]2(C[C@@H](OCC3CC3)CO2)C1. The Labute approximate surface area is 159 Å². The van der Waals surface area contributed by atoms with Gasteiger partial charge < -0.3 is 14.4 Å². The van der Waals surface area contributed by atoms with E-state index in [9.17, 15) is 4.79 Å². The third-order valence-corrected chi connectivity index (χ3v) is 5.89. The van der Waals surface area contributed by atoms with Gasteiger partial charge in [-0.15, -0.1) is 0 Å². The van der Waals surface area contributed by atoms with Crippen molar-refractivity contribution < 1.29 is 14.3 Å². The summed E-state index contributed by atoms with van der Waals surface area (Å²) in [6, 6.07) is 9.83. The second-order valence-corrected chi connectivity index (χ2v) is 8.08. The molecule has 2 saturated heterocycles. The molecule has 3 heterocycles. The lowest BCUT2D eigenvalue weighted by atomic mass is 9.98. The van der Waals surface area contributed by atoms with Gasteiger partial charge in [0.05, 0.1) is 42.3 Å². The van der Waals surface area contributed by atoms with Gasteiger partial charge in [-0.1, -0.05) is 18.2 Å². The lowest BCUT2D eigenvalue weighted by Crippen LogP contribution is -2.36. The Hall–Kier alpha value is -2.18. The number of amides is 1. The molecule has 0 unspecified atom stereocenters. The molecule has 0 N–H and O–H groups in total. The highest BCUT2D eigenvalue weighted by atomic mass is 16.6. The van der Waals surface area contributed by atoms with Gasteiger partial charge in [-0.3, -0.25) is 4.79 Å². The zero-order chi connectivity index (χ0) is 18.3. The lowest BCUT2D eigenvalue weighted by molar-refractivity contribution is 0.00157. The number of benzene rings is 1. The van der Waals surface area contributed by atoms with E-state index in [4.69, 9.17) is 9.47 Å². The monoisotopic (exact) mass is 367 g/mol. The van der Waals surface area contributed by atoms with Crippen molar-refractivity contribution in [3.05, 3.63) is 48.3 Å². The quantitative estimate of drug-likeness (QED) is 0.815. The van der Waals surface area contributed by atoms with Crippen molar-refractivity contribution in [2.75, 3.05) is 26.3 Å². The van der Waals surface area contributed by atoms with E-state index in [1.54, 1.807) is 17.1 Å². The third-order valence-electron chi connectivity index (χ3n) is 5.89. The molecule has 0 radical (unpaired) electrons. The van der Waals surface area contributed by atoms with Crippen molar-refractivity contribution in [2.45, 2.75) is 37.4 Å². The number of ether oxygens (including phenoxy) is 2. The molecule has 6 heteroatoms. The molecule has 5 rings (SSSR count). The minimum absolute atomic E-state index is 0.0278. The van der Waals surface area contributed by atoms with Crippen molar-refractivity contribution >= 4 is 5.91 Å². The number of hydrogen-bond acceptors (Lipinski definition) is 4. The molecule has 2 atom stereocenters. The minimum Gasteiger partial charge on any atom is -0.375 e. The van der Waals surface area contributed by atoms with Crippen LogP contribution in [0.25, 0.3) is 5.69 Å². The van der Waals surface area contributed by atoms with Gasteiger partial charge in [0, 0.05) is 25.8 Å². The maximum Gasteiger partial charge on any atom is 0.257 e. The first-order chi connectivity index (χ1) is 13.2. The largest absolute Gasteiger partial charge is 0.375 e. The van der Waals surface area contributed by atoms with Crippen molar-refractivity contribution in [3.63, 3.8) is 0 Å². The predicted molar refractivity (Wildman–Crippen MR) is 99.8 cm³/mol. The van der Waals surface area contributed by atoms with Crippen LogP contribution in [0.4, 0.5) is 0 Å². The average molecular weight is 367 g/mol. The molecule has 1 spiro atoms. The van der Waals surface area contributed by atoms with Crippen LogP contribution in [0.15, 0.2) is 42.7 Å². The Balaban J connectivity index is 1.21. The number of hydrogen-bond donors (Lipinski definition) is 0. The van der Waals surface area contributed by atoms with Crippen molar-refractivity contribution in [1.82, 2.24) is 14.7 Å². The first-order valence-electron chi connectivity index (χ1n) is 9.86. The fraction of sp³-hybridized carbons (Fsp3) is 0.524. The topological polar surface area (TPSA) is 56.6 Å². The Kier molecular flexibility index (Phi) is 4.25. The first kappa shape index (κ1) is 17.0. The molecule has 2 aromatic rings. The highest BCUT2D eigenvalue weighted by molar-refractivity contribution is 5.94. The number of carbonyl (C=O) groups is 1. The van der Waals surface area contributed by atoms with E-state index in [1.807, 2.05) is 35.2 Å². The highest BCUT2D eigenvalue weighted by Crippen LogP contribution is 2.38. The van der Waals surface area contributed by atoms with Crippen LogP contribution in [0, 0.1) is 5.92 Å². The number of rotatable bonds is 5. The Bertz CT molecular complexity index is 817. The predicted octanol–water partition coefficient (Wildman–Crippen LogP) is 2.67. The Morgan fingerprint density at radius 3 is 2.96 bits per heavy atom. The number of nitrogens with zero attached hydrogens (tertiary/aromatic N) is 3. The number of para-hydroxylation sites is 1. The summed E-state index contributed by atoms with van der Waals surface area (Å²) in [5.41, 5.74) is 1.35. The molecule has 6 nitrogen and oxygen atoms in total. The molecule has 27 heavy (non-hydrogen) atoms. The number of carbonyl (C=O) groups excluding carboxylic acids is 1. The fourth-order valence-electron chi connectivity index (χ4n) is 4.11. The summed E-state index contributed by atoms with van der Waals surface area (Å²) < 4.78 is 13.9. The van der Waals surface area contributed by atoms with Gasteiger partial charge in [0.1, 0.15) is 0 Å². The molecular formula is C21H25N3O3. The zero-order valence-corrected chi connectivity index (χ0v) is 15.4. The normalized spacial score (nSPS) is 27.6. The molecule has 1 aromatic carbocycles. The van der Waals surface area contributed by atoms with Crippen LogP contribution in [0.3, 0.4) is 0 Å². The molecule has 2 aliphatic heterocycles. The van der Waals surface area contributed by atoms with E-state index >= 15 is 0 Å². The smallest absolute Gasteiger partial charge is 0.257 e. The van der Waals surface area contributed by atoms with E-state index in [0.717, 1.165) is 37.6 Å². The average Bonchev–Trinajstić information content (AvgIpc) is 3.11. The fourth-order valence-corrected chi connectivity index (χ4v) is 4.11. The molecule has 1 saturated carbocycles. The van der Waals surface area contributed by atoms with Crippen LogP contribution < -0.4 is 0 Å². The minimum atomic E-state index is -0.223. The number of likely N-dealkylation sites (tertiary alicyclic amines) is 1. The van der Waals surface area contributed by atoms with Crippen LogP contribution in [0.2, 0.25) is 0 Å². The van der Waals surface area contributed by atoms with Gasteiger partial charge in [-0.25, -0.2) is 4.68 Å². The van der Waals surface area contributed by atoms with Gasteiger partial charge in [-0.2, -0.15) is 5.10 Å². The maximum atomic E-state index is 12.9. The molecule has 142 valence electrons. The first-order valence-corrected chi connectivity index (χ1v) is 9.86. The van der Waals surface area contributed by atoms with Gasteiger partial charge >= 0.3 is 0 Å². The molecule has 1 aliphatic carbocycles. The second-order valence-electron chi connectivity index (χ2n) is 8.08. The van der Waals surface area contributed by atoms with Crippen molar-refractivity contribution in [3.8, 4) is 5.69 Å². The summed E-state index contributed by atoms with van der Waals surface area (Å²) in [6.07, 6.45) is 8.02. The highest BCUT2D eigenvalue weighted by Gasteiger charge is 2.47. The second kappa shape index (κ2) is 6.77. The number of aromatic nitrogens is 2. The molecular weight excluding hydrogens is 342 g/mol. The third kappa shape index (κ3) is 3.51. The summed E-state index contributed by atoms with van der Waals surface area (Å²) in [7, 11) is 0. The lowest BCUT2D eigenvalue weighted by Gasteiger charge is -2.23.